The Morgan fingerprint density at radius 3 is 2.50 bits per heavy atom. The lowest BCUT2D eigenvalue weighted by Crippen LogP contribution is -2.39. The van der Waals surface area contributed by atoms with Crippen LogP contribution in [0.15, 0.2) is 70.6 Å². The third-order valence-electron chi connectivity index (χ3n) is 7.26. The van der Waals surface area contributed by atoms with Crippen LogP contribution < -0.4 is 0 Å². The average Bonchev–Trinajstić information content (AvgIpc) is 3.73. The second-order valence-electron chi connectivity index (χ2n) is 9.96. The molecule has 3 aliphatic heterocycles. The molecule has 0 saturated carbocycles. The Hall–Kier alpha value is -2.84. The minimum atomic E-state index is -3.64. The van der Waals surface area contributed by atoms with Crippen molar-refractivity contribution in [2.45, 2.75) is 30.2 Å². The van der Waals surface area contributed by atoms with Crippen molar-refractivity contribution in [1.82, 2.24) is 19.0 Å². The van der Waals surface area contributed by atoms with Gasteiger partial charge < -0.3 is 0 Å². The number of carbonyl (C=O) groups excluding carboxylic acids is 1. The number of sulfonamides is 1. The number of carbonyl (C=O) groups is 1. The van der Waals surface area contributed by atoms with Crippen molar-refractivity contribution in [2.75, 3.05) is 24.6 Å². The molecule has 3 aromatic rings. The van der Waals surface area contributed by atoms with E-state index in [9.17, 15) is 21.6 Å². The molecular formula is C27H26N4O5S4. The second-order valence-corrected chi connectivity index (χ2v) is 15.8. The van der Waals surface area contributed by atoms with Crippen molar-refractivity contribution in [3.05, 3.63) is 71.3 Å². The highest BCUT2D eigenvalue weighted by molar-refractivity contribution is 8.26. The highest BCUT2D eigenvalue weighted by Gasteiger charge is 2.42. The van der Waals surface area contributed by atoms with Crippen molar-refractivity contribution in [3.63, 3.8) is 0 Å². The molecule has 0 spiro atoms. The fourth-order valence-electron chi connectivity index (χ4n) is 5.23. The molecule has 4 heterocycles. The predicted molar refractivity (Wildman–Crippen MR) is 159 cm³/mol. The van der Waals surface area contributed by atoms with Gasteiger partial charge in [-0.3, -0.25) is 9.69 Å². The molecule has 0 N–H and O–H groups in total. The van der Waals surface area contributed by atoms with Gasteiger partial charge in [0.2, 0.25) is 10.0 Å². The SMILES string of the molecule is O=C1/C(=C/c2cn(-c3ccccc3)nc2-c2cccc(S(=O)(=O)N3CCCC3)c2)SC(=S)N1C1CCS(=O)(=O)C1. The summed E-state index contributed by atoms with van der Waals surface area (Å²) in [6.45, 7) is 1.01. The first-order chi connectivity index (χ1) is 19.1. The summed E-state index contributed by atoms with van der Waals surface area (Å²) in [6.07, 6.45) is 5.54. The number of nitrogens with zero attached hydrogens (tertiary/aromatic N) is 4. The molecule has 1 unspecified atom stereocenters. The van der Waals surface area contributed by atoms with Crippen LogP contribution in [0.1, 0.15) is 24.8 Å². The van der Waals surface area contributed by atoms with Gasteiger partial charge in [0.1, 0.15) is 10.0 Å². The van der Waals surface area contributed by atoms with Gasteiger partial charge in [-0.05, 0) is 49.6 Å². The zero-order valence-corrected chi connectivity index (χ0v) is 24.6. The Labute approximate surface area is 242 Å². The minimum absolute atomic E-state index is 0.0401. The number of rotatable bonds is 6. The molecule has 1 atom stereocenters. The third kappa shape index (κ3) is 5.16. The van der Waals surface area contributed by atoms with E-state index >= 15 is 0 Å². The van der Waals surface area contributed by atoms with Crippen LogP contribution >= 0.6 is 24.0 Å². The van der Waals surface area contributed by atoms with Gasteiger partial charge in [0.15, 0.2) is 9.84 Å². The molecule has 0 bridgehead atoms. The monoisotopic (exact) mass is 614 g/mol. The lowest BCUT2D eigenvalue weighted by atomic mass is 10.1. The molecule has 1 aromatic heterocycles. The maximum Gasteiger partial charge on any atom is 0.266 e. The number of aromatic nitrogens is 2. The molecule has 3 aliphatic rings. The summed E-state index contributed by atoms with van der Waals surface area (Å²) in [7, 11) is -6.84. The maximum atomic E-state index is 13.4. The number of hydrogen-bond acceptors (Lipinski definition) is 8. The number of benzene rings is 2. The molecule has 9 nitrogen and oxygen atoms in total. The highest BCUT2D eigenvalue weighted by Crippen LogP contribution is 2.38. The quantitative estimate of drug-likeness (QED) is 0.305. The van der Waals surface area contributed by atoms with Gasteiger partial charge in [-0.2, -0.15) is 9.40 Å². The number of amides is 1. The second kappa shape index (κ2) is 10.5. The Balaban J connectivity index is 1.41. The van der Waals surface area contributed by atoms with Gasteiger partial charge >= 0.3 is 0 Å². The number of thiocarbonyl (C=S) groups is 1. The molecule has 3 saturated heterocycles. The van der Waals surface area contributed by atoms with Crippen LogP contribution in [0.4, 0.5) is 0 Å². The predicted octanol–water partition coefficient (Wildman–Crippen LogP) is 3.71. The number of sulfone groups is 1. The standard InChI is InChI=1S/C27H26N4O5S4/c32-26-24(38-27(37)31(26)22-11-14-39(33,34)18-22)16-20-17-30(21-8-2-1-3-9-21)28-25(20)19-7-6-10-23(15-19)40(35,36)29-12-4-5-13-29/h1-3,6-10,15-17,22H,4-5,11-14,18H2/b24-16-. The van der Waals surface area contributed by atoms with Crippen molar-refractivity contribution in [2.24, 2.45) is 0 Å². The van der Waals surface area contributed by atoms with E-state index in [1.807, 2.05) is 30.3 Å². The number of hydrogen-bond donors (Lipinski definition) is 0. The summed E-state index contributed by atoms with van der Waals surface area (Å²) >= 11 is 6.61. The van der Waals surface area contributed by atoms with Gasteiger partial charge in [0.05, 0.1) is 33.0 Å². The molecule has 3 fully saturated rings. The minimum Gasteiger partial charge on any atom is -0.289 e. The third-order valence-corrected chi connectivity index (χ3v) is 12.2. The average molecular weight is 615 g/mol. The van der Waals surface area contributed by atoms with E-state index in [1.165, 1.54) is 9.21 Å². The normalized spacial score (nSPS) is 22.6. The summed E-state index contributed by atoms with van der Waals surface area (Å²) in [5.41, 5.74) is 2.52. The van der Waals surface area contributed by atoms with Crippen LogP contribution in [0.25, 0.3) is 23.0 Å². The summed E-state index contributed by atoms with van der Waals surface area (Å²) in [5.74, 6) is -0.387. The Kier molecular flexibility index (Phi) is 7.20. The van der Waals surface area contributed by atoms with E-state index in [0.717, 1.165) is 30.3 Å². The zero-order chi connectivity index (χ0) is 28.1. The van der Waals surface area contributed by atoms with Crippen LogP contribution in [0.3, 0.4) is 0 Å². The lowest BCUT2D eigenvalue weighted by Gasteiger charge is -2.20. The molecule has 6 rings (SSSR count). The summed E-state index contributed by atoms with van der Waals surface area (Å²) in [5, 5.41) is 4.79. The fourth-order valence-corrected chi connectivity index (χ4v) is 9.88. The van der Waals surface area contributed by atoms with Crippen LogP contribution in [-0.4, -0.2) is 76.7 Å². The van der Waals surface area contributed by atoms with Gasteiger partial charge in [-0.15, -0.1) is 0 Å². The molecule has 0 radical (unpaired) electrons. The first-order valence-corrected chi connectivity index (χ1v) is 17.3. The van der Waals surface area contributed by atoms with E-state index < -0.39 is 25.9 Å². The lowest BCUT2D eigenvalue weighted by molar-refractivity contribution is -0.123. The highest BCUT2D eigenvalue weighted by atomic mass is 32.2. The van der Waals surface area contributed by atoms with Crippen molar-refractivity contribution in [1.29, 1.82) is 0 Å². The van der Waals surface area contributed by atoms with Crippen molar-refractivity contribution >= 4 is 60.1 Å². The van der Waals surface area contributed by atoms with Crippen LogP contribution in [0.5, 0.6) is 0 Å². The molecular weight excluding hydrogens is 589 g/mol. The first-order valence-electron chi connectivity index (χ1n) is 12.9. The van der Waals surface area contributed by atoms with Crippen LogP contribution in [0, 0.1) is 0 Å². The number of para-hydroxylation sites is 1. The molecule has 1 amide bonds. The summed E-state index contributed by atoms with van der Waals surface area (Å²) in [6, 6.07) is 15.7. The van der Waals surface area contributed by atoms with Crippen molar-refractivity contribution < 1.29 is 21.6 Å². The Morgan fingerprint density at radius 1 is 1.05 bits per heavy atom. The van der Waals surface area contributed by atoms with Crippen molar-refractivity contribution in [3.8, 4) is 16.9 Å². The van der Waals surface area contributed by atoms with E-state index in [0.29, 0.717) is 45.6 Å². The van der Waals surface area contributed by atoms with Gasteiger partial charge in [0.25, 0.3) is 5.91 Å². The summed E-state index contributed by atoms with van der Waals surface area (Å²) < 4.78 is 54.2. The van der Waals surface area contributed by atoms with Crippen LogP contribution in [0.2, 0.25) is 0 Å². The molecule has 40 heavy (non-hydrogen) atoms. The van der Waals surface area contributed by atoms with E-state index in [4.69, 9.17) is 17.3 Å². The molecule has 0 aliphatic carbocycles. The topological polar surface area (TPSA) is 110 Å². The molecule has 2 aromatic carbocycles. The van der Waals surface area contributed by atoms with Gasteiger partial charge in [-0.25, -0.2) is 21.5 Å². The zero-order valence-electron chi connectivity index (χ0n) is 21.3. The van der Waals surface area contributed by atoms with Gasteiger partial charge in [0, 0.05) is 30.4 Å². The van der Waals surface area contributed by atoms with Gasteiger partial charge in [-0.1, -0.05) is 54.3 Å². The smallest absolute Gasteiger partial charge is 0.266 e. The first kappa shape index (κ1) is 27.3. The summed E-state index contributed by atoms with van der Waals surface area (Å²) in [4.78, 5) is 15.4. The van der Waals surface area contributed by atoms with E-state index in [2.05, 4.69) is 0 Å². The fraction of sp³-hybridized carbons (Fsp3) is 0.296. The van der Waals surface area contributed by atoms with Crippen LogP contribution in [-0.2, 0) is 24.7 Å². The molecule has 13 heteroatoms. The van der Waals surface area contributed by atoms with E-state index in [-0.39, 0.29) is 22.3 Å². The van der Waals surface area contributed by atoms with E-state index in [1.54, 1.807) is 41.2 Å². The Morgan fingerprint density at radius 2 is 1.80 bits per heavy atom. The maximum absolute atomic E-state index is 13.4. The molecule has 208 valence electrons. The largest absolute Gasteiger partial charge is 0.289 e. The number of thioether (sulfide) groups is 1. The Bertz CT molecular complexity index is 1740.